The molecule has 0 bridgehead atoms. The van der Waals surface area contributed by atoms with Gasteiger partial charge in [-0.1, -0.05) is 13.8 Å². The molecule has 2 aromatic heterocycles. The average molecular weight is 307 g/mol. The third kappa shape index (κ3) is 3.24. The van der Waals surface area contributed by atoms with Crippen molar-refractivity contribution in [2.24, 2.45) is 5.41 Å². The Hall–Kier alpha value is -1.47. The van der Waals surface area contributed by atoms with Crippen LogP contribution in [0.2, 0.25) is 0 Å². The minimum absolute atomic E-state index is 0.177. The molecule has 21 heavy (non-hydrogen) atoms. The van der Waals surface area contributed by atoms with Crippen molar-refractivity contribution >= 4 is 16.7 Å². The first-order chi connectivity index (χ1) is 10.1. The number of aromatic nitrogens is 4. The Balaban J connectivity index is 1.82. The molecular weight excluding hydrogens is 286 g/mol. The lowest BCUT2D eigenvalue weighted by Crippen LogP contribution is -2.32. The lowest BCUT2D eigenvalue weighted by Gasteiger charge is -2.28. The lowest BCUT2D eigenvalue weighted by atomic mass is 9.88. The molecule has 1 aliphatic heterocycles. The summed E-state index contributed by atoms with van der Waals surface area (Å²) in [5, 5.41) is 8.31. The fourth-order valence-electron chi connectivity index (χ4n) is 2.74. The monoisotopic (exact) mass is 307 g/mol. The number of rotatable bonds is 4. The number of fused-ring (bicyclic) bond motifs is 1. The number of ether oxygens (including phenoxy) is 1. The number of H-pyrrole nitrogens is 1. The molecule has 2 aromatic rings. The van der Waals surface area contributed by atoms with Crippen molar-refractivity contribution in [3.8, 4) is 0 Å². The average Bonchev–Trinajstić information content (AvgIpc) is 3.03. The molecule has 0 aliphatic carbocycles. The molecule has 0 unspecified atom stereocenters. The van der Waals surface area contributed by atoms with Crippen LogP contribution in [-0.2, 0) is 24.1 Å². The summed E-state index contributed by atoms with van der Waals surface area (Å²) in [5.74, 6) is 0.867. The quantitative estimate of drug-likeness (QED) is 0.936. The van der Waals surface area contributed by atoms with Gasteiger partial charge < -0.3 is 9.64 Å². The molecule has 0 spiro atoms. The second kappa shape index (κ2) is 5.73. The Morgan fingerprint density at radius 3 is 3.14 bits per heavy atom. The van der Waals surface area contributed by atoms with Gasteiger partial charge in [-0.05, 0) is 11.8 Å². The first-order valence-corrected chi connectivity index (χ1v) is 7.92. The molecule has 0 aromatic carbocycles. The number of nitrogens with zero attached hydrogens (tertiary/aromatic N) is 4. The van der Waals surface area contributed by atoms with Gasteiger partial charge in [-0.3, -0.25) is 5.10 Å². The van der Waals surface area contributed by atoms with E-state index in [2.05, 4.69) is 38.3 Å². The van der Waals surface area contributed by atoms with E-state index in [-0.39, 0.29) is 5.41 Å². The third-order valence-electron chi connectivity index (χ3n) is 3.70. The van der Waals surface area contributed by atoms with Crippen molar-refractivity contribution in [1.29, 1.82) is 0 Å². The van der Waals surface area contributed by atoms with Gasteiger partial charge in [-0.15, -0.1) is 0 Å². The Morgan fingerprint density at radius 1 is 1.48 bits per heavy atom. The van der Waals surface area contributed by atoms with Crippen molar-refractivity contribution in [1.82, 2.24) is 19.6 Å². The summed E-state index contributed by atoms with van der Waals surface area (Å²) in [4.78, 5) is 6.97. The summed E-state index contributed by atoms with van der Waals surface area (Å²) in [5.41, 5.74) is 2.68. The maximum Gasteiger partial charge on any atom is 0.205 e. The molecule has 0 saturated heterocycles. The van der Waals surface area contributed by atoms with Gasteiger partial charge in [-0.25, -0.2) is 4.98 Å². The van der Waals surface area contributed by atoms with Gasteiger partial charge >= 0.3 is 0 Å². The molecule has 0 radical (unpaired) electrons. The third-order valence-corrected chi connectivity index (χ3v) is 4.52. The van der Waals surface area contributed by atoms with Crippen LogP contribution in [0.25, 0.3) is 0 Å². The van der Waals surface area contributed by atoms with Crippen molar-refractivity contribution in [2.75, 3.05) is 25.2 Å². The summed E-state index contributed by atoms with van der Waals surface area (Å²) in [7, 11) is 1.70. The molecule has 0 fully saturated rings. The molecule has 3 heterocycles. The number of aromatic amines is 1. The van der Waals surface area contributed by atoms with E-state index in [1.165, 1.54) is 22.8 Å². The SMILES string of the molecule is COCCc1nsc(N2Cc3cn[nH]c3CC(C)(C)C2)n1. The number of methoxy groups -OCH3 is 1. The van der Waals surface area contributed by atoms with Crippen LogP contribution in [0.3, 0.4) is 0 Å². The minimum Gasteiger partial charge on any atom is -0.384 e. The van der Waals surface area contributed by atoms with Crippen LogP contribution in [0.1, 0.15) is 30.9 Å². The van der Waals surface area contributed by atoms with E-state index in [0.717, 1.165) is 36.9 Å². The van der Waals surface area contributed by atoms with Gasteiger partial charge in [0.2, 0.25) is 5.13 Å². The number of nitrogens with one attached hydrogen (secondary N) is 1. The summed E-state index contributed by atoms with van der Waals surface area (Å²) in [6, 6.07) is 0. The Morgan fingerprint density at radius 2 is 2.33 bits per heavy atom. The van der Waals surface area contributed by atoms with Crippen LogP contribution in [0.15, 0.2) is 6.20 Å². The van der Waals surface area contributed by atoms with Crippen molar-refractivity contribution in [2.45, 2.75) is 33.2 Å². The predicted molar refractivity (Wildman–Crippen MR) is 82.6 cm³/mol. The molecule has 7 heteroatoms. The Labute approximate surface area is 128 Å². The zero-order valence-electron chi connectivity index (χ0n) is 12.7. The molecule has 114 valence electrons. The zero-order chi connectivity index (χ0) is 14.9. The lowest BCUT2D eigenvalue weighted by molar-refractivity contribution is 0.201. The second-order valence-electron chi connectivity index (χ2n) is 6.31. The highest BCUT2D eigenvalue weighted by atomic mass is 32.1. The normalized spacial score (nSPS) is 17.6. The summed E-state index contributed by atoms with van der Waals surface area (Å²) < 4.78 is 9.52. The van der Waals surface area contributed by atoms with E-state index in [4.69, 9.17) is 4.74 Å². The van der Waals surface area contributed by atoms with E-state index in [1.807, 2.05) is 6.20 Å². The molecule has 0 atom stereocenters. The molecule has 1 N–H and O–H groups in total. The standard InChI is InChI=1S/C14H21N5OS/c1-14(2)6-11-10(7-15-17-11)8-19(9-14)13-16-12(18-21-13)4-5-20-3/h7H,4-6,8-9H2,1-3H3,(H,15,17). The smallest absolute Gasteiger partial charge is 0.205 e. The van der Waals surface area contributed by atoms with E-state index in [9.17, 15) is 0 Å². The second-order valence-corrected chi connectivity index (χ2v) is 7.04. The van der Waals surface area contributed by atoms with Crippen LogP contribution in [0.4, 0.5) is 5.13 Å². The van der Waals surface area contributed by atoms with Gasteiger partial charge in [0, 0.05) is 49.4 Å². The van der Waals surface area contributed by atoms with Gasteiger partial charge in [0.15, 0.2) is 0 Å². The first-order valence-electron chi connectivity index (χ1n) is 7.15. The molecule has 1 aliphatic rings. The van der Waals surface area contributed by atoms with E-state index < -0.39 is 0 Å². The van der Waals surface area contributed by atoms with Gasteiger partial charge in [0.05, 0.1) is 12.8 Å². The molecule has 6 nitrogen and oxygen atoms in total. The highest BCUT2D eigenvalue weighted by Gasteiger charge is 2.30. The minimum atomic E-state index is 0.177. The van der Waals surface area contributed by atoms with Crippen LogP contribution in [-0.4, -0.2) is 39.8 Å². The molecule has 0 saturated carbocycles. The Bertz CT molecular complexity index is 606. The number of hydrogen-bond donors (Lipinski definition) is 1. The fourth-order valence-corrected chi connectivity index (χ4v) is 3.45. The van der Waals surface area contributed by atoms with Gasteiger partial charge in [0.1, 0.15) is 5.82 Å². The Kier molecular flexibility index (Phi) is 3.95. The van der Waals surface area contributed by atoms with E-state index in [1.54, 1.807) is 7.11 Å². The first kappa shape index (κ1) is 14.5. The molecule has 0 amide bonds. The zero-order valence-corrected chi connectivity index (χ0v) is 13.5. The fraction of sp³-hybridized carbons (Fsp3) is 0.643. The molecular formula is C14H21N5OS. The van der Waals surface area contributed by atoms with Crippen LogP contribution < -0.4 is 4.90 Å². The van der Waals surface area contributed by atoms with Crippen LogP contribution >= 0.6 is 11.5 Å². The number of anilines is 1. The summed E-state index contributed by atoms with van der Waals surface area (Å²) >= 11 is 1.47. The van der Waals surface area contributed by atoms with Crippen molar-refractivity contribution < 1.29 is 4.74 Å². The van der Waals surface area contributed by atoms with E-state index in [0.29, 0.717) is 6.61 Å². The van der Waals surface area contributed by atoms with Gasteiger partial charge in [-0.2, -0.15) is 9.47 Å². The van der Waals surface area contributed by atoms with Crippen LogP contribution in [0.5, 0.6) is 0 Å². The summed E-state index contributed by atoms with van der Waals surface area (Å²) in [6.45, 7) is 7.03. The van der Waals surface area contributed by atoms with Crippen molar-refractivity contribution in [3.63, 3.8) is 0 Å². The number of hydrogen-bond acceptors (Lipinski definition) is 6. The maximum atomic E-state index is 5.09. The highest BCUT2D eigenvalue weighted by molar-refractivity contribution is 7.09. The summed E-state index contributed by atoms with van der Waals surface area (Å²) in [6.07, 6.45) is 3.70. The predicted octanol–water partition coefficient (Wildman–Crippen LogP) is 2.04. The topological polar surface area (TPSA) is 66.9 Å². The van der Waals surface area contributed by atoms with E-state index >= 15 is 0 Å². The van der Waals surface area contributed by atoms with Crippen molar-refractivity contribution in [3.05, 3.63) is 23.3 Å². The largest absolute Gasteiger partial charge is 0.384 e. The maximum absolute atomic E-state index is 5.09. The van der Waals surface area contributed by atoms with Crippen LogP contribution in [0, 0.1) is 5.41 Å². The van der Waals surface area contributed by atoms with Gasteiger partial charge in [0.25, 0.3) is 0 Å². The molecule has 3 rings (SSSR count). The highest BCUT2D eigenvalue weighted by Crippen LogP contribution is 2.32.